The van der Waals surface area contributed by atoms with Crippen LogP contribution < -0.4 is 5.73 Å². The van der Waals surface area contributed by atoms with Gasteiger partial charge in [-0.25, -0.2) is 4.99 Å². The van der Waals surface area contributed by atoms with Crippen LogP contribution in [-0.4, -0.2) is 29.5 Å². The Labute approximate surface area is 93.7 Å². The first-order chi connectivity index (χ1) is 6.78. The fourth-order valence-corrected chi connectivity index (χ4v) is 2.26. The molecule has 3 nitrogen and oxygen atoms in total. The number of aliphatic imine (C=N–C) groups is 1. The number of rotatable bonds is 0. The summed E-state index contributed by atoms with van der Waals surface area (Å²) in [4.78, 5) is 6.75. The molecule has 0 aromatic carbocycles. The van der Waals surface area contributed by atoms with Crippen molar-refractivity contribution in [1.82, 2.24) is 4.90 Å². The molecule has 1 aliphatic heterocycles. The quantitative estimate of drug-likeness (QED) is 0.492. The molecule has 3 heteroatoms. The smallest absolute Gasteiger partial charge is 0.191 e. The Bertz CT molecular complexity index is 230. The zero-order valence-electron chi connectivity index (χ0n) is 10.7. The molecule has 1 fully saturated rings. The van der Waals surface area contributed by atoms with Gasteiger partial charge in [0, 0.05) is 13.1 Å². The van der Waals surface area contributed by atoms with Crippen LogP contribution in [0, 0.1) is 11.8 Å². The zero-order valence-corrected chi connectivity index (χ0v) is 10.7. The normalized spacial score (nSPS) is 29.4. The van der Waals surface area contributed by atoms with Gasteiger partial charge in [-0.1, -0.05) is 13.8 Å². The molecule has 0 bridgehead atoms. The van der Waals surface area contributed by atoms with Gasteiger partial charge in [0.15, 0.2) is 5.96 Å². The third-order valence-corrected chi connectivity index (χ3v) is 2.64. The number of guanidine groups is 1. The maximum Gasteiger partial charge on any atom is 0.191 e. The number of piperidine rings is 1. The lowest BCUT2D eigenvalue weighted by Crippen LogP contribution is -2.47. The average molecular weight is 211 g/mol. The summed E-state index contributed by atoms with van der Waals surface area (Å²) < 4.78 is 0. The van der Waals surface area contributed by atoms with E-state index in [1.165, 1.54) is 6.42 Å². The predicted octanol–water partition coefficient (Wildman–Crippen LogP) is 2.08. The van der Waals surface area contributed by atoms with Gasteiger partial charge in [-0.3, -0.25) is 0 Å². The van der Waals surface area contributed by atoms with Crippen molar-refractivity contribution in [2.24, 2.45) is 22.6 Å². The van der Waals surface area contributed by atoms with Crippen molar-refractivity contribution in [2.45, 2.75) is 46.6 Å². The molecule has 0 amide bonds. The van der Waals surface area contributed by atoms with E-state index in [-0.39, 0.29) is 5.54 Å². The minimum Gasteiger partial charge on any atom is -0.370 e. The van der Waals surface area contributed by atoms with E-state index in [1.54, 1.807) is 0 Å². The van der Waals surface area contributed by atoms with Crippen LogP contribution in [0.25, 0.3) is 0 Å². The summed E-state index contributed by atoms with van der Waals surface area (Å²) in [6.45, 7) is 12.9. The van der Waals surface area contributed by atoms with Crippen molar-refractivity contribution >= 4 is 5.96 Å². The van der Waals surface area contributed by atoms with E-state index >= 15 is 0 Å². The second-order valence-electron chi connectivity index (χ2n) is 5.99. The average Bonchev–Trinajstić information content (AvgIpc) is 1.98. The molecule has 1 heterocycles. The van der Waals surface area contributed by atoms with Crippen LogP contribution in [0.5, 0.6) is 0 Å². The van der Waals surface area contributed by atoms with E-state index in [1.807, 2.05) is 0 Å². The van der Waals surface area contributed by atoms with Crippen molar-refractivity contribution in [2.75, 3.05) is 13.1 Å². The summed E-state index contributed by atoms with van der Waals surface area (Å²) >= 11 is 0. The third kappa shape index (κ3) is 4.10. The van der Waals surface area contributed by atoms with Crippen LogP contribution in [0.3, 0.4) is 0 Å². The summed E-state index contributed by atoms with van der Waals surface area (Å²) in [7, 11) is 0. The van der Waals surface area contributed by atoms with E-state index in [0.717, 1.165) is 24.9 Å². The Morgan fingerprint density at radius 3 is 2.07 bits per heavy atom. The first kappa shape index (κ1) is 12.3. The fraction of sp³-hybridized carbons (Fsp3) is 0.917. The van der Waals surface area contributed by atoms with Crippen LogP contribution in [0.2, 0.25) is 0 Å². The molecule has 0 aromatic heterocycles. The highest BCUT2D eigenvalue weighted by Gasteiger charge is 2.23. The molecule has 0 saturated carbocycles. The first-order valence-electron chi connectivity index (χ1n) is 5.88. The van der Waals surface area contributed by atoms with E-state index in [0.29, 0.717) is 5.96 Å². The molecular formula is C12H25N3. The molecule has 0 spiro atoms. The Kier molecular flexibility index (Phi) is 3.63. The highest BCUT2D eigenvalue weighted by molar-refractivity contribution is 5.78. The highest BCUT2D eigenvalue weighted by Crippen LogP contribution is 2.21. The largest absolute Gasteiger partial charge is 0.370 e. The van der Waals surface area contributed by atoms with Crippen molar-refractivity contribution in [3.8, 4) is 0 Å². The third-order valence-electron chi connectivity index (χ3n) is 2.64. The van der Waals surface area contributed by atoms with Crippen LogP contribution >= 0.6 is 0 Å². The lowest BCUT2D eigenvalue weighted by molar-refractivity contribution is 0.210. The Morgan fingerprint density at radius 1 is 1.20 bits per heavy atom. The summed E-state index contributed by atoms with van der Waals surface area (Å²) in [6, 6.07) is 0. The van der Waals surface area contributed by atoms with Gasteiger partial charge in [0.1, 0.15) is 0 Å². The first-order valence-corrected chi connectivity index (χ1v) is 5.88. The van der Waals surface area contributed by atoms with E-state index in [2.05, 4.69) is 44.5 Å². The predicted molar refractivity (Wildman–Crippen MR) is 65.9 cm³/mol. The summed E-state index contributed by atoms with van der Waals surface area (Å²) in [5.41, 5.74) is 5.96. The van der Waals surface area contributed by atoms with Crippen molar-refractivity contribution in [3.05, 3.63) is 0 Å². The SMILES string of the molecule is CC1CC(C)CN(C(N)=NC(C)(C)C)C1. The molecule has 15 heavy (non-hydrogen) atoms. The molecule has 1 aliphatic rings. The van der Waals surface area contributed by atoms with Gasteiger partial charge in [0.2, 0.25) is 0 Å². The number of hydrogen-bond acceptors (Lipinski definition) is 1. The zero-order chi connectivity index (χ0) is 11.6. The van der Waals surface area contributed by atoms with Gasteiger partial charge in [0.25, 0.3) is 0 Å². The molecular weight excluding hydrogens is 186 g/mol. The molecule has 0 aliphatic carbocycles. The van der Waals surface area contributed by atoms with Crippen LogP contribution in [0.1, 0.15) is 41.0 Å². The summed E-state index contributed by atoms with van der Waals surface area (Å²) in [6.07, 6.45) is 1.30. The van der Waals surface area contributed by atoms with Crippen LogP contribution in [0.15, 0.2) is 4.99 Å². The minimum absolute atomic E-state index is 0.0754. The Balaban J connectivity index is 2.67. The monoisotopic (exact) mass is 211 g/mol. The summed E-state index contributed by atoms with van der Waals surface area (Å²) in [5, 5.41) is 0. The van der Waals surface area contributed by atoms with Crippen LogP contribution in [-0.2, 0) is 0 Å². The van der Waals surface area contributed by atoms with Gasteiger partial charge < -0.3 is 10.6 Å². The molecule has 1 saturated heterocycles. The topological polar surface area (TPSA) is 41.6 Å². The van der Waals surface area contributed by atoms with Crippen molar-refractivity contribution in [3.63, 3.8) is 0 Å². The van der Waals surface area contributed by atoms with Gasteiger partial charge >= 0.3 is 0 Å². The van der Waals surface area contributed by atoms with E-state index in [9.17, 15) is 0 Å². The molecule has 1 rings (SSSR count). The maximum absolute atomic E-state index is 6.03. The van der Waals surface area contributed by atoms with Gasteiger partial charge in [-0.2, -0.15) is 0 Å². The van der Waals surface area contributed by atoms with Crippen molar-refractivity contribution in [1.29, 1.82) is 0 Å². The second-order valence-corrected chi connectivity index (χ2v) is 5.99. The second kappa shape index (κ2) is 4.42. The fourth-order valence-electron chi connectivity index (χ4n) is 2.26. The van der Waals surface area contributed by atoms with Crippen LogP contribution in [0.4, 0.5) is 0 Å². The lowest BCUT2D eigenvalue weighted by Gasteiger charge is -2.36. The van der Waals surface area contributed by atoms with E-state index < -0.39 is 0 Å². The van der Waals surface area contributed by atoms with Gasteiger partial charge in [-0.05, 0) is 39.0 Å². The molecule has 2 atom stereocenters. The lowest BCUT2D eigenvalue weighted by atomic mass is 9.92. The minimum atomic E-state index is -0.0754. The maximum atomic E-state index is 6.03. The molecule has 2 unspecified atom stereocenters. The standard InChI is InChI=1S/C12H25N3/c1-9-6-10(2)8-15(7-9)11(13)14-12(3,4)5/h9-10H,6-8H2,1-5H3,(H2,13,14). The number of nitrogens with two attached hydrogens (primary N) is 1. The molecule has 88 valence electrons. The van der Waals surface area contributed by atoms with Gasteiger partial charge in [-0.15, -0.1) is 0 Å². The number of nitrogens with zero attached hydrogens (tertiary/aromatic N) is 2. The van der Waals surface area contributed by atoms with Gasteiger partial charge in [0.05, 0.1) is 5.54 Å². The van der Waals surface area contributed by atoms with Crippen molar-refractivity contribution < 1.29 is 0 Å². The molecule has 0 aromatic rings. The Hall–Kier alpha value is -0.730. The highest BCUT2D eigenvalue weighted by atomic mass is 15.3. The number of hydrogen-bond donors (Lipinski definition) is 1. The molecule has 2 N–H and O–H groups in total. The Morgan fingerprint density at radius 2 is 1.67 bits per heavy atom. The molecule has 0 radical (unpaired) electrons. The number of likely N-dealkylation sites (tertiary alicyclic amines) is 1. The summed E-state index contributed by atoms with van der Waals surface area (Å²) in [5.74, 6) is 2.16. The van der Waals surface area contributed by atoms with E-state index in [4.69, 9.17) is 5.73 Å².